The van der Waals surface area contributed by atoms with Crippen LogP contribution < -0.4 is 4.18 Å². The van der Waals surface area contributed by atoms with Crippen LogP contribution in [0.3, 0.4) is 0 Å². The first-order valence-corrected chi connectivity index (χ1v) is 8.58. The van der Waals surface area contributed by atoms with Crippen molar-refractivity contribution in [1.29, 1.82) is 0 Å². The molecule has 0 N–H and O–H groups in total. The summed E-state index contributed by atoms with van der Waals surface area (Å²) in [6.07, 6.45) is 0. The molecule has 2 aromatic carbocycles. The van der Waals surface area contributed by atoms with Crippen molar-refractivity contribution in [3.8, 4) is 5.75 Å². The van der Waals surface area contributed by atoms with Gasteiger partial charge in [0.25, 0.3) is 0 Å². The third-order valence-electron chi connectivity index (χ3n) is 2.97. The Hall–Kier alpha value is -1.68. The summed E-state index contributed by atoms with van der Waals surface area (Å²) in [6, 6.07) is 5.10. The highest BCUT2D eigenvalue weighted by Gasteiger charge is 2.31. The van der Waals surface area contributed by atoms with Crippen LogP contribution in [0, 0.1) is 29.1 Å². The molecule has 2 rings (SSSR count). The van der Waals surface area contributed by atoms with Gasteiger partial charge >= 0.3 is 10.1 Å². The summed E-state index contributed by atoms with van der Waals surface area (Å²) in [5.74, 6) is -13.7. The van der Waals surface area contributed by atoms with E-state index in [2.05, 4.69) is 20.1 Å². The highest BCUT2D eigenvalue weighted by atomic mass is 79.9. The van der Waals surface area contributed by atoms with E-state index in [4.69, 9.17) is 0 Å². The molecule has 0 spiro atoms. The molecule has 0 fully saturated rings. The summed E-state index contributed by atoms with van der Waals surface area (Å²) in [5, 5.41) is 0. The van der Waals surface area contributed by atoms with Crippen molar-refractivity contribution >= 4 is 26.0 Å². The van der Waals surface area contributed by atoms with E-state index in [0.29, 0.717) is 5.56 Å². The number of hydrogen-bond acceptors (Lipinski definition) is 3. The van der Waals surface area contributed by atoms with Crippen LogP contribution in [-0.2, 0) is 10.1 Å². The molecule has 0 saturated carbocycles. The van der Waals surface area contributed by atoms with Gasteiger partial charge in [-0.15, -0.1) is 0 Å². The Kier molecular flexibility index (Phi) is 5.19. The Bertz CT molecular complexity index is 871. The van der Waals surface area contributed by atoms with Crippen LogP contribution in [0.25, 0.3) is 0 Å². The molecule has 0 aromatic heterocycles. The fraction of sp³-hybridized carbons (Fsp3) is 0.143. The molecular weight excluding hydrogens is 423 g/mol. The topological polar surface area (TPSA) is 43.4 Å². The first-order chi connectivity index (χ1) is 11.1. The molecule has 0 aliphatic carbocycles. The average Bonchev–Trinajstić information content (AvgIpc) is 2.55. The van der Waals surface area contributed by atoms with Gasteiger partial charge in [-0.25, -0.2) is 13.2 Å². The molecular formula is C14H8BrF5O3S. The quantitative estimate of drug-likeness (QED) is 0.234. The molecule has 0 aliphatic rings. The Morgan fingerprint density at radius 3 is 1.96 bits per heavy atom. The summed E-state index contributed by atoms with van der Waals surface area (Å²) < 4.78 is 94.6. The first-order valence-electron chi connectivity index (χ1n) is 6.26. The van der Waals surface area contributed by atoms with Gasteiger partial charge in [0.1, 0.15) is 4.90 Å². The Labute approximate surface area is 142 Å². The minimum Gasteiger partial charge on any atom is -0.372 e. The molecule has 0 bridgehead atoms. The van der Waals surface area contributed by atoms with E-state index in [9.17, 15) is 30.4 Å². The molecule has 0 amide bonds. The first kappa shape index (κ1) is 18.7. The summed E-state index contributed by atoms with van der Waals surface area (Å²) in [6.45, 7) is 1.69. The summed E-state index contributed by atoms with van der Waals surface area (Å²) >= 11 is 3.20. The van der Waals surface area contributed by atoms with Gasteiger partial charge in [-0.1, -0.05) is 28.1 Å². The lowest BCUT2D eigenvalue weighted by Gasteiger charge is -2.11. The fourth-order valence-corrected chi connectivity index (χ4v) is 3.01. The molecule has 10 heteroatoms. The van der Waals surface area contributed by atoms with Crippen LogP contribution >= 0.6 is 15.9 Å². The lowest BCUT2D eigenvalue weighted by Crippen LogP contribution is -2.14. The Morgan fingerprint density at radius 1 is 0.958 bits per heavy atom. The van der Waals surface area contributed by atoms with Crippen molar-refractivity contribution < 1.29 is 34.6 Å². The lowest BCUT2D eigenvalue weighted by atomic mass is 10.2. The normalized spacial score (nSPS) is 13.0. The second-order valence-electron chi connectivity index (χ2n) is 4.62. The van der Waals surface area contributed by atoms with Crippen LogP contribution in [0.4, 0.5) is 22.0 Å². The number of halogens is 6. The molecule has 0 radical (unpaired) electrons. The zero-order chi connectivity index (χ0) is 18.2. The van der Waals surface area contributed by atoms with E-state index in [1.165, 1.54) is 6.07 Å². The average molecular weight is 431 g/mol. The van der Waals surface area contributed by atoms with Crippen molar-refractivity contribution in [2.24, 2.45) is 0 Å². The third-order valence-corrected chi connectivity index (χ3v) is 4.71. The van der Waals surface area contributed by atoms with Crippen LogP contribution in [0.1, 0.15) is 17.3 Å². The van der Waals surface area contributed by atoms with E-state index in [0.717, 1.165) is 12.1 Å². The standard InChI is InChI=1S/C14H8BrF5O3S/c1-6(15)7-3-2-4-8(5-7)24(21,22)23-14-12(19)10(17)9(16)11(18)13(14)20/h2-6H,1H3. The summed E-state index contributed by atoms with van der Waals surface area (Å²) in [4.78, 5) is -0.753. The van der Waals surface area contributed by atoms with E-state index >= 15 is 0 Å². The molecule has 3 nitrogen and oxygen atoms in total. The SMILES string of the molecule is CC(Br)c1cccc(S(=O)(=O)Oc2c(F)c(F)c(F)c(F)c2F)c1. The second-order valence-corrected chi connectivity index (χ2v) is 7.54. The highest BCUT2D eigenvalue weighted by molar-refractivity contribution is 9.09. The largest absolute Gasteiger partial charge is 0.372 e. The maximum absolute atomic E-state index is 13.5. The van der Waals surface area contributed by atoms with Gasteiger partial charge < -0.3 is 4.18 Å². The van der Waals surface area contributed by atoms with Gasteiger partial charge in [0, 0.05) is 4.83 Å². The third kappa shape index (κ3) is 3.39. The van der Waals surface area contributed by atoms with Crippen molar-refractivity contribution in [1.82, 2.24) is 0 Å². The number of hydrogen-bond donors (Lipinski definition) is 0. The molecule has 2 aromatic rings. The summed E-state index contributed by atoms with van der Waals surface area (Å²) in [5.41, 5.74) is 0.497. The monoisotopic (exact) mass is 430 g/mol. The van der Waals surface area contributed by atoms with E-state index in [1.807, 2.05) is 0 Å². The van der Waals surface area contributed by atoms with Gasteiger partial charge in [-0.3, -0.25) is 0 Å². The predicted molar refractivity (Wildman–Crippen MR) is 77.8 cm³/mol. The molecule has 0 saturated heterocycles. The molecule has 1 atom stereocenters. The predicted octanol–water partition coefficient (Wildman–Crippen LogP) is 4.61. The lowest BCUT2D eigenvalue weighted by molar-refractivity contribution is 0.346. The maximum Gasteiger partial charge on any atom is 0.339 e. The minimum atomic E-state index is -4.82. The van der Waals surface area contributed by atoms with E-state index in [1.54, 1.807) is 13.0 Å². The number of alkyl halides is 1. The number of rotatable bonds is 4. The number of benzene rings is 2. The molecule has 0 aliphatic heterocycles. The van der Waals surface area contributed by atoms with Crippen LogP contribution in [0.2, 0.25) is 0 Å². The Balaban J connectivity index is 2.53. The zero-order valence-corrected chi connectivity index (χ0v) is 14.2. The van der Waals surface area contributed by atoms with Gasteiger partial charge in [-0.05, 0) is 24.6 Å². The molecule has 1 unspecified atom stereocenters. The van der Waals surface area contributed by atoms with Crippen molar-refractivity contribution in [3.05, 3.63) is 58.9 Å². The van der Waals surface area contributed by atoms with Gasteiger partial charge in [0.05, 0.1) is 0 Å². The van der Waals surface area contributed by atoms with Crippen LogP contribution in [0.15, 0.2) is 29.2 Å². The highest BCUT2D eigenvalue weighted by Crippen LogP contribution is 2.32. The Morgan fingerprint density at radius 2 is 1.46 bits per heavy atom. The van der Waals surface area contributed by atoms with E-state index < -0.39 is 49.8 Å². The van der Waals surface area contributed by atoms with Gasteiger partial charge in [0.15, 0.2) is 0 Å². The zero-order valence-electron chi connectivity index (χ0n) is 11.8. The van der Waals surface area contributed by atoms with Gasteiger partial charge in [0.2, 0.25) is 34.8 Å². The molecule has 130 valence electrons. The van der Waals surface area contributed by atoms with E-state index in [-0.39, 0.29) is 4.83 Å². The molecule has 24 heavy (non-hydrogen) atoms. The minimum absolute atomic E-state index is 0.248. The van der Waals surface area contributed by atoms with Crippen molar-refractivity contribution in [2.75, 3.05) is 0 Å². The van der Waals surface area contributed by atoms with Crippen molar-refractivity contribution in [2.45, 2.75) is 16.6 Å². The molecule has 0 heterocycles. The smallest absolute Gasteiger partial charge is 0.339 e. The summed E-state index contributed by atoms with van der Waals surface area (Å²) in [7, 11) is -4.82. The fourth-order valence-electron chi connectivity index (χ4n) is 1.73. The maximum atomic E-state index is 13.5. The van der Waals surface area contributed by atoms with Crippen LogP contribution in [-0.4, -0.2) is 8.42 Å². The van der Waals surface area contributed by atoms with Crippen molar-refractivity contribution in [3.63, 3.8) is 0 Å². The van der Waals surface area contributed by atoms with Crippen LogP contribution in [0.5, 0.6) is 5.75 Å². The second kappa shape index (κ2) is 6.67. The van der Waals surface area contributed by atoms with Gasteiger partial charge in [-0.2, -0.15) is 17.2 Å².